The van der Waals surface area contributed by atoms with Gasteiger partial charge >= 0.3 is 17.9 Å². The van der Waals surface area contributed by atoms with Crippen LogP contribution in [0.1, 0.15) is 57.1 Å². The van der Waals surface area contributed by atoms with Crippen molar-refractivity contribution < 1.29 is 28.6 Å². The molecular weight excluding hydrogens is 470 g/mol. The Kier molecular flexibility index (Phi) is 9.49. The van der Waals surface area contributed by atoms with Crippen molar-refractivity contribution in [2.45, 2.75) is 39.7 Å². The van der Waals surface area contributed by atoms with E-state index in [0.29, 0.717) is 23.4 Å². The highest BCUT2D eigenvalue weighted by Gasteiger charge is 2.29. The molecule has 0 radical (unpaired) electrons. The standard InChI is InChI=1S/C27H28ClNO6/c1-3-33-23(30)16-22-24(26(31)34-4-2)21(14-13-18-11-8-12-20(28)15-18)25(29-22)27(32)35-17-19-9-6-5-7-10-19/h5-12,15,29H,3-4,13-14,16-17H2,1-2H3. The van der Waals surface area contributed by atoms with Gasteiger partial charge in [-0.15, -0.1) is 0 Å². The molecule has 0 aliphatic heterocycles. The number of hydrogen-bond donors (Lipinski definition) is 1. The molecule has 8 heteroatoms. The van der Waals surface area contributed by atoms with Crippen LogP contribution in [0.3, 0.4) is 0 Å². The van der Waals surface area contributed by atoms with Crippen molar-refractivity contribution in [1.29, 1.82) is 0 Å². The molecule has 0 atom stereocenters. The Bertz CT molecular complexity index is 1170. The molecule has 3 aromatic rings. The molecule has 0 saturated carbocycles. The number of carbonyl (C=O) groups is 3. The van der Waals surface area contributed by atoms with E-state index in [4.69, 9.17) is 25.8 Å². The van der Waals surface area contributed by atoms with E-state index in [-0.39, 0.29) is 43.2 Å². The molecule has 1 aromatic heterocycles. The lowest BCUT2D eigenvalue weighted by atomic mass is 9.99. The van der Waals surface area contributed by atoms with Gasteiger partial charge in [-0.3, -0.25) is 4.79 Å². The minimum absolute atomic E-state index is 0.0639. The maximum Gasteiger partial charge on any atom is 0.355 e. The summed E-state index contributed by atoms with van der Waals surface area (Å²) in [6.45, 7) is 3.79. The second-order valence-corrected chi connectivity index (χ2v) is 8.16. The molecule has 0 fully saturated rings. The molecule has 7 nitrogen and oxygen atoms in total. The highest BCUT2D eigenvalue weighted by molar-refractivity contribution is 6.30. The summed E-state index contributed by atoms with van der Waals surface area (Å²) in [7, 11) is 0. The zero-order chi connectivity index (χ0) is 25.2. The normalized spacial score (nSPS) is 10.6. The van der Waals surface area contributed by atoms with E-state index in [2.05, 4.69) is 4.98 Å². The van der Waals surface area contributed by atoms with E-state index in [1.807, 2.05) is 48.5 Å². The number of carbonyl (C=O) groups excluding carboxylic acids is 3. The van der Waals surface area contributed by atoms with Gasteiger partial charge in [0.2, 0.25) is 0 Å². The first-order valence-electron chi connectivity index (χ1n) is 11.4. The maximum absolute atomic E-state index is 13.1. The number of halogens is 1. The zero-order valence-electron chi connectivity index (χ0n) is 19.8. The number of ether oxygens (including phenoxy) is 3. The fourth-order valence-electron chi connectivity index (χ4n) is 3.72. The average Bonchev–Trinajstić information content (AvgIpc) is 3.20. The molecule has 0 saturated heterocycles. The Morgan fingerprint density at radius 1 is 0.829 bits per heavy atom. The molecule has 0 aliphatic rings. The van der Waals surface area contributed by atoms with Gasteiger partial charge in [0.1, 0.15) is 12.3 Å². The largest absolute Gasteiger partial charge is 0.466 e. The fourth-order valence-corrected chi connectivity index (χ4v) is 3.93. The van der Waals surface area contributed by atoms with Gasteiger partial charge in [-0.1, -0.05) is 54.1 Å². The quantitative estimate of drug-likeness (QED) is 0.293. The molecular formula is C27H28ClNO6. The number of nitrogens with one attached hydrogen (secondary N) is 1. The fraction of sp³-hybridized carbons (Fsp3) is 0.296. The Labute approximate surface area is 209 Å². The summed E-state index contributed by atoms with van der Waals surface area (Å²) in [5.41, 5.74) is 2.73. The van der Waals surface area contributed by atoms with E-state index in [1.165, 1.54) is 0 Å². The molecule has 184 valence electrons. The minimum Gasteiger partial charge on any atom is -0.466 e. The summed E-state index contributed by atoms with van der Waals surface area (Å²) in [5.74, 6) is -1.77. The van der Waals surface area contributed by atoms with E-state index in [0.717, 1.165) is 11.1 Å². The summed E-state index contributed by atoms with van der Waals surface area (Å²) in [6, 6.07) is 16.6. The Morgan fingerprint density at radius 2 is 1.54 bits per heavy atom. The van der Waals surface area contributed by atoms with Crippen LogP contribution in [0.25, 0.3) is 0 Å². The smallest absolute Gasteiger partial charge is 0.355 e. The second-order valence-electron chi connectivity index (χ2n) is 7.73. The minimum atomic E-state index is -0.629. The summed E-state index contributed by atoms with van der Waals surface area (Å²) >= 11 is 6.12. The van der Waals surface area contributed by atoms with Gasteiger partial charge in [0.25, 0.3) is 0 Å². The summed E-state index contributed by atoms with van der Waals surface area (Å²) in [4.78, 5) is 41.3. The topological polar surface area (TPSA) is 94.7 Å². The van der Waals surface area contributed by atoms with Crippen molar-refractivity contribution in [2.75, 3.05) is 13.2 Å². The molecule has 3 rings (SSSR count). The maximum atomic E-state index is 13.1. The summed E-state index contributed by atoms with van der Waals surface area (Å²) in [5, 5.41) is 0.590. The molecule has 2 aromatic carbocycles. The third-order valence-electron chi connectivity index (χ3n) is 5.26. The number of H-pyrrole nitrogens is 1. The highest BCUT2D eigenvalue weighted by Crippen LogP contribution is 2.25. The van der Waals surface area contributed by atoms with Crippen LogP contribution in [-0.2, 0) is 44.9 Å². The zero-order valence-corrected chi connectivity index (χ0v) is 20.5. The Morgan fingerprint density at radius 3 is 2.23 bits per heavy atom. The number of aromatic amines is 1. The molecule has 1 N–H and O–H groups in total. The van der Waals surface area contributed by atoms with Crippen LogP contribution >= 0.6 is 11.6 Å². The van der Waals surface area contributed by atoms with Gasteiger partial charge in [-0.05, 0) is 55.5 Å². The molecule has 0 spiro atoms. The highest BCUT2D eigenvalue weighted by atomic mass is 35.5. The van der Waals surface area contributed by atoms with Gasteiger partial charge in [0.05, 0.1) is 25.2 Å². The first-order chi connectivity index (χ1) is 16.9. The van der Waals surface area contributed by atoms with Crippen molar-refractivity contribution in [3.63, 3.8) is 0 Å². The molecule has 0 bridgehead atoms. The lowest BCUT2D eigenvalue weighted by Gasteiger charge is -2.09. The SMILES string of the molecule is CCOC(=O)Cc1[nH]c(C(=O)OCc2ccccc2)c(CCc2cccc(Cl)c2)c1C(=O)OCC. The van der Waals surface area contributed by atoms with Crippen LogP contribution < -0.4 is 0 Å². The Hall–Kier alpha value is -3.58. The lowest BCUT2D eigenvalue weighted by molar-refractivity contribution is -0.142. The monoisotopic (exact) mass is 497 g/mol. The van der Waals surface area contributed by atoms with Crippen molar-refractivity contribution in [1.82, 2.24) is 4.98 Å². The van der Waals surface area contributed by atoms with Crippen LogP contribution in [0.4, 0.5) is 0 Å². The molecule has 0 unspecified atom stereocenters. The van der Waals surface area contributed by atoms with E-state index < -0.39 is 17.9 Å². The van der Waals surface area contributed by atoms with Gasteiger partial charge in [0.15, 0.2) is 0 Å². The number of esters is 3. The number of hydrogen-bond acceptors (Lipinski definition) is 6. The van der Waals surface area contributed by atoms with Gasteiger partial charge < -0.3 is 19.2 Å². The molecule has 0 amide bonds. The lowest BCUT2D eigenvalue weighted by Crippen LogP contribution is -2.14. The predicted octanol–water partition coefficient (Wildman–Crippen LogP) is 5.09. The van der Waals surface area contributed by atoms with Crippen LogP contribution in [-0.4, -0.2) is 36.1 Å². The first kappa shape index (κ1) is 26.0. The number of rotatable bonds is 11. The average molecular weight is 498 g/mol. The number of benzene rings is 2. The van der Waals surface area contributed by atoms with Crippen LogP contribution in [0.5, 0.6) is 0 Å². The predicted molar refractivity (Wildman–Crippen MR) is 132 cm³/mol. The summed E-state index contributed by atoms with van der Waals surface area (Å²) in [6.07, 6.45) is 0.615. The van der Waals surface area contributed by atoms with Crippen molar-refractivity contribution in [3.05, 3.63) is 93.3 Å². The molecule has 1 heterocycles. The third-order valence-corrected chi connectivity index (χ3v) is 5.49. The van der Waals surface area contributed by atoms with Crippen LogP contribution in [0.2, 0.25) is 5.02 Å². The van der Waals surface area contributed by atoms with Crippen LogP contribution in [0.15, 0.2) is 54.6 Å². The van der Waals surface area contributed by atoms with Gasteiger partial charge in [0, 0.05) is 10.7 Å². The Balaban J connectivity index is 1.97. The van der Waals surface area contributed by atoms with E-state index in [9.17, 15) is 14.4 Å². The molecule has 35 heavy (non-hydrogen) atoms. The van der Waals surface area contributed by atoms with E-state index in [1.54, 1.807) is 19.9 Å². The van der Waals surface area contributed by atoms with E-state index >= 15 is 0 Å². The summed E-state index contributed by atoms with van der Waals surface area (Å²) < 4.78 is 15.8. The van der Waals surface area contributed by atoms with Gasteiger partial charge in [-0.2, -0.15) is 0 Å². The van der Waals surface area contributed by atoms with Crippen molar-refractivity contribution in [3.8, 4) is 0 Å². The third kappa shape index (κ3) is 7.20. The first-order valence-corrected chi connectivity index (χ1v) is 11.8. The van der Waals surface area contributed by atoms with Crippen molar-refractivity contribution >= 4 is 29.5 Å². The second kappa shape index (κ2) is 12.8. The van der Waals surface area contributed by atoms with Gasteiger partial charge in [-0.25, -0.2) is 9.59 Å². The number of aromatic nitrogens is 1. The van der Waals surface area contributed by atoms with Crippen LogP contribution in [0, 0.1) is 0 Å². The number of aryl methyl sites for hydroxylation is 1. The molecule has 0 aliphatic carbocycles. The van der Waals surface area contributed by atoms with Crippen molar-refractivity contribution in [2.24, 2.45) is 0 Å².